The van der Waals surface area contributed by atoms with E-state index in [1.54, 1.807) is 7.11 Å². The monoisotopic (exact) mass is 336 g/mol. The second-order valence-electron chi connectivity index (χ2n) is 4.54. The minimum atomic E-state index is -0.999. The predicted octanol–water partition coefficient (Wildman–Crippen LogP) is 0.780. The van der Waals surface area contributed by atoms with Crippen molar-refractivity contribution in [1.29, 1.82) is 0 Å². The molecule has 1 aromatic carbocycles. The molecule has 0 saturated heterocycles. The van der Waals surface area contributed by atoms with E-state index in [2.05, 4.69) is 15.6 Å². The van der Waals surface area contributed by atoms with E-state index in [0.29, 0.717) is 5.69 Å². The molecule has 0 radical (unpaired) electrons. The molecule has 0 saturated carbocycles. The summed E-state index contributed by atoms with van der Waals surface area (Å²) in [5.41, 5.74) is 0.508. The first-order valence-electron chi connectivity index (χ1n) is 6.71. The van der Waals surface area contributed by atoms with Crippen LogP contribution in [0.1, 0.15) is 5.69 Å². The smallest absolute Gasteiger partial charge is 0.325 e. The number of aromatic nitrogens is 3. The van der Waals surface area contributed by atoms with Crippen molar-refractivity contribution in [1.82, 2.24) is 20.3 Å². The molecule has 8 nitrogen and oxygen atoms in total. The molecule has 0 bridgehead atoms. The highest BCUT2D eigenvalue weighted by molar-refractivity contribution is 8.00. The molecular formula is C14H16N4O4S. The Morgan fingerprint density at radius 2 is 2.09 bits per heavy atom. The fraction of sp³-hybridized carbons (Fsp3) is 0.286. The summed E-state index contributed by atoms with van der Waals surface area (Å²) in [4.78, 5) is 23.3. The quantitative estimate of drug-likeness (QED) is 0.686. The Kier molecular flexibility index (Phi) is 5.98. The highest BCUT2D eigenvalue weighted by Crippen LogP contribution is 2.20. The second kappa shape index (κ2) is 8.18. The van der Waals surface area contributed by atoms with Gasteiger partial charge in [-0.1, -0.05) is 5.21 Å². The van der Waals surface area contributed by atoms with Crippen LogP contribution in [-0.2, 0) is 22.7 Å². The summed E-state index contributed by atoms with van der Waals surface area (Å²) in [5, 5.41) is 18.8. The first kappa shape index (κ1) is 16.8. The van der Waals surface area contributed by atoms with Crippen LogP contribution < -0.4 is 10.1 Å². The van der Waals surface area contributed by atoms with Crippen molar-refractivity contribution in [3.05, 3.63) is 36.2 Å². The maximum absolute atomic E-state index is 11.8. The predicted molar refractivity (Wildman–Crippen MR) is 83.2 cm³/mol. The Morgan fingerprint density at radius 3 is 2.74 bits per heavy atom. The van der Waals surface area contributed by atoms with Gasteiger partial charge in [0.15, 0.2) is 0 Å². The number of rotatable bonds is 8. The van der Waals surface area contributed by atoms with E-state index >= 15 is 0 Å². The van der Waals surface area contributed by atoms with Gasteiger partial charge in [-0.05, 0) is 24.3 Å². The highest BCUT2D eigenvalue weighted by atomic mass is 32.2. The van der Waals surface area contributed by atoms with Gasteiger partial charge in [-0.2, -0.15) is 0 Å². The Hall–Kier alpha value is -2.55. The number of nitrogens with zero attached hydrogens (tertiary/aromatic N) is 3. The fourth-order valence-electron chi connectivity index (χ4n) is 1.70. The molecule has 0 atom stereocenters. The van der Waals surface area contributed by atoms with Crippen molar-refractivity contribution >= 4 is 23.6 Å². The van der Waals surface area contributed by atoms with Gasteiger partial charge in [0, 0.05) is 4.90 Å². The molecule has 23 heavy (non-hydrogen) atoms. The number of methoxy groups -OCH3 is 1. The average Bonchev–Trinajstić information content (AvgIpc) is 2.98. The van der Waals surface area contributed by atoms with Crippen molar-refractivity contribution in [3.8, 4) is 5.75 Å². The van der Waals surface area contributed by atoms with Crippen molar-refractivity contribution in [2.24, 2.45) is 0 Å². The van der Waals surface area contributed by atoms with Crippen LogP contribution in [0.5, 0.6) is 5.75 Å². The van der Waals surface area contributed by atoms with Crippen LogP contribution in [0.25, 0.3) is 0 Å². The van der Waals surface area contributed by atoms with E-state index in [1.165, 1.54) is 22.6 Å². The molecule has 0 aliphatic rings. The van der Waals surface area contributed by atoms with Gasteiger partial charge in [-0.3, -0.25) is 9.59 Å². The van der Waals surface area contributed by atoms with Crippen molar-refractivity contribution < 1.29 is 19.4 Å². The van der Waals surface area contributed by atoms with Crippen LogP contribution in [0.15, 0.2) is 35.4 Å². The fourth-order valence-corrected chi connectivity index (χ4v) is 2.42. The van der Waals surface area contributed by atoms with E-state index < -0.39 is 5.97 Å². The van der Waals surface area contributed by atoms with E-state index in [1.807, 2.05) is 24.3 Å². The minimum Gasteiger partial charge on any atom is -0.497 e. The topological polar surface area (TPSA) is 106 Å². The van der Waals surface area contributed by atoms with Crippen molar-refractivity contribution in [2.45, 2.75) is 18.0 Å². The number of carboxylic acid groups (broad SMARTS) is 1. The second-order valence-corrected chi connectivity index (χ2v) is 5.59. The lowest BCUT2D eigenvalue weighted by Crippen LogP contribution is -2.24. The van der Waals surface area contributed by atoms with Gasteiger partial charge in [0.1, 0.15) is 18.0 Å². The summed E-state index contributed by atoms with van der Waals surface area (Å²) in [7, 11) is 1.60. The van der Waals surface area contributed by atoms with Gasteiger partial charge in [-0.25, -0.2) is 4.68 Å². The maximum Gasteiger partial charge on any atom is 0.325 e. The summed E-state index contributed by atoms with van der Waals surface area (Å²) in [6, 6.07) is 7.44. The summed E-state index contributed by atoms with van der Waals surface area (Å²) >= 11 is 1.41. The standard InChI is InChI=1S/C14H16N4O4S/c1-22-11-2-4-12(5-3-11)23-9-13(19)15-6-10-7-18(17-16-10)8-14(20)21/h2-5,7H,6,8-9H2,1H3,(H,15,19)(H,20,21). The summed E-state index contributed by atoms with van der Waals surface area (Å²) in [6.45, 7) is -0.0457. The number of carbonyl (C=O) groups is 2. The summed E-state index contributed by atoms with van der Waals surface area (Å²) in [5.74, 6) is -0.0986. The zero-order valence-corrected chi connectivity index (χ0v) is 13.2. The summed E-state index contributed by atoms with van der Waals surface area (Å²) < 4.78 is 6.27. The number of hydrogen-bond donors (Lipinski definition) is 2. The molecule has 0 spiro atoms. The average molecular weight is 336 g/mol. The number of carboxylic acids is 1. The number of aliphatic carboxylic acids is 1. The van der Waals surface area contributed by atoms with Crippen molar-refractivity contribution in [2.75, 3.05) is 12.9 Å². The van der Waals surface area contributed by atoms with E-state index in [-0.39, 0.29) is 24.7 Å². The van der Waals surface area contributed by atoms with E-state index in [4.69, 9.17) is 9.84 Å². The molecule has 2 rings (SSSR count). The van der Waals surface area contributed by atoms with Gasteiger partial charge in [-0.15, -0.1) is 16.9 Å². The lowest BCUT2D eigenvalue weighted by atomic mass is 10.3. The van der Waals surface area contributed by atoms with Gasteiger partial charge < -0.3 is 15.2 Å². The number of ether oxygens (including phenoxy) is 1. The lowest BCUT2D eigenvalue weighted by Gasteiger charge is -2.04. The van der Waals surface area contributed by atoms with Gasteiger partial charge in [0.05, 0.1) is 25.6 Å². The molecule has 2 aromatic rings. The third-order valence-electron chi connectivity index (χ3n) is 2.78. The number of amides is 1. The Labute approximate surface area is 136 Å². The first-order valence-corrected chi connectivity index (χ1v) is 7.69. The van der Waals surface area contributed by atoms with Gasteiger partial charge in [0.2, 0.25) is 5.91 Å². The number of thioether (sulfide) groups is 1. The molecule has 1 heterocycles. The number of nitrogens with one attached hydrogen (secondary N) is 1. The van der Waals surface area contributed by atoms with E-state index in [0.717, 1.165) is 10.6 Å². The first-order chi connectivity index (χ1) is 11.1. The van der Waals surface area contributed by atoms with Crippen LogP contribution >= 0.6 is 11.8 Å². The molecule has 1 amide bonds. The zero-order chi connectivity index (χ0) is 16.7. The SMILES string of the molecule is COc1ccc(SCC(=O)NCc2cn(CC(=O)O)nn2)cc1. The minimum absolute atomic E-state index is 0.140. The highest BCUT2D eigenvalue weighted by Gasteiger charge is 2.07. The van der Waals surface area contributed by atoms with E-state index in [9.17, 15) is 9.59 Å². The zero-order valence-electron chi connectivity index (χ0n) is 12.4. The third kappa shape index (κ3) is 5.62. The van der Waals surface area contributed by atoms with Crippen LogP contribution in [0.3, 0.4) is 0 Å². The molecule has 9 heteroatoms. The molecular weight excluding hydrogens is 320 g/mol. The Morgan fingerprint density at radius 1 is 1.35 bits per heavy atom. The molecule has 0 aliphatic carbocycles. The maximum atomic E-state index is 11.8. The number of hydrogen-bond acceptors (Lipinski definition) is 6. The normalized spacial score (nSPS) is 10.3. The van der Waals surface area contributed by atoms with Crippen LogP contribution in [0.4, 0.5) is 0 Å². The Balaban J connectivity index is 1.74. The van der Waals surface area contributed by atoms with Crippen LogP contribution in [-0.4, -0.2) is 44.8 Å². The molecule has 0 fully saturated rings. The number of benzene rings is 1. The summed E-state index contributed by atoms with van der Waals surface area (Å²) in [6.07, 6.45) is 1.49. The third-order valence-corrected chi connectivity index (χ3v) is 3.79. The number of carbonyl (C=O) groups excluding carboxylic acids is 1. The van der Waals surface area contributed by atoms with Crippen LogP contribution in [0.2, 0.25) is 0 Å². The largest absolute Gasteiger partial charge is 0.497 e. The molecule has 122 valence electrons. The molecule has 0 aliphatic heterocycles. The van der Waals surface area contributed by atoms with Crippen molar-refractivity contribution in [3.63, 3.8) is 0 Å². The van der Waals surface area contributed by atoms with Crippen LogP contribution in [0, 0.1) is 0 Å². The lowest BCUT2D eigenvalue weighted by molar-refractivity contribution is -0.137. The van der Waals surface area contributed by atoms with Gasteiger partial charge in [0.25, 0.3) is 0 Å². The molecule has 1 aromatic heterocycles. The molecule has 2 N–H and O–H groups in total. The molecule has 0 unspecified atom stereocenters. The van der Waals surface area contributed by atoms with Gasteiger partial charge >= 0.3 is 5.97 Å². The Bertz CT molecular complexity index is 672.